The second-order valence-electron chi connectivity index (χ2n) is 1.91. The Morgan fingerprint density at radius 2 is 2.40 bits per heavy atom. The van der Waals surface area contributed by atoms with Crippen LogP contribution in [0.4, 0.5) is 0 Å². The topological polar surface area (TPSA) is 0 Å². The van der Waals surface area contributed by atoms with Crippen molar-refractivity contribution in [1.82, 2.24) is 0 Å². The molecule has 0 atom stereocenters. The number of allylic oxidation sites excluding steroid dienone is 2. The van der Waals surface area contributed by atoms with E-state index in [1.54, 1.807) is 6.08 Å². The summed E-state index contributed by atoms with van der Waals surface area (Å²) in [5.41, 5.74) is 0. The molecule has 0 saturated carbocycles. The molecular formula is C8H13ClSe. The van der Waals surface area contributed by atoms with E-state index in [-0.39, 0.29) is 0 Å². The molecule has 0 fully saturated rings. The molecule has 0 radical (unpaired) electrons. The van der Waals surface area contributed by atoms with Crippen LogP contribution in [-0.4, -0.2) is 15.0 Å². The average Bonchev–Trinajstić information content (AvgIpc) is 1.89. The van der Waals surface area contributed by atoms with E-state index in [4.69, 9.17) is 11.6 Å². The van der Waals surface area contributed by atoms with Crippen LogP contribution in [-0.2, 0) is 0 Å². The van der Waals surface area contributed by atoms with E-state index in [0.717, 1.165) is 3.93 Å². The second kappa shape index (κ2) is 7.40. The van der Waals surface area contributed by atoms with Gasteiger partial charge in [-0.25, -0.2) is 0 Å². The molecule has 0 amide bonds. The average molecular weight is 224 g/mol. The van der Waals surface area contributed by atoms with Crippen LogP contribution in [0.3, 0.4) is 0 Å². The van der Waals surface area contributed by atoms with Crippen LogP contribution < -0.4 is 0 Å². The fourth-order valence-electron chi connectivity index (χ4n) is 0.455. The van der Waals surface area contributed by atoms with Crippen molar-refractivity contribution in [1.29, 1.82) is 0 Å². The summed E-state index contributed by atoms with van der Waals surface area (Å²) in [6.45, 7) is 5.77. The standard InChI is InChI=1S/C8H13ClSe/c1-3-5-7-10-8(9)6-4-2/h4,6H,2-3,5,7H2,1H3. The Labute approximate surface area is 74.5 Å². The molecule has 0 N–H and O–H groups in total. The van der Waals surface area contributed by atoms with Crippen LogP contribution >= 0.6 is 11.6 Å². The summed E-state index contributed by atoms with van der Waals surface area (Å²) in [5, 5.41) is 1.26. The number of unbranched alkanes of at least 4 members (excludes halogenated alkanes) is 1. The molecule has 0 nitrogen and oxygen atoms in total. The van der Waals surface area contributed by atoms with Gasteiger partial charge < -0.3 is 0 Å². The van der Waals surface area contributed by atoms with Crippen molar-refractivity contribution in [3.05, 3.63) is 22.7 Å². The Bertz CT molecular complexity index is 118. The number of hydrogen-bond donors (Lipinski definition) is 0. The van der Waals surface area contributed by atoms with E-state index in [1.165, 1.54) is 18.2 Å². The molecule has 0 aromatic rings. The minimum atomic E-state index is 0.492. The predicted octanol–water partition coefficient (Wildman–Crippen LogP) is 3.18. The van der Waals surface area contributed by atoms with Crippen LogP contribution in [0.5, 0.6) is 0 Å². The van der Waals surface area contributed by atoms with Gasteiger partial charge in [-0.1, -0.05) is 0 Å². The van der Waals surface area contributed by atoms with Crippen molar-refractivity contribution in [2.24, 2.45) is 0 Å². The summed E-state index contributed by atoms with van der Waals surface area (Å²) in [5.74, 6) is 0. The fourth-order valence-corrected chi connectivity index (χ4v) is 2.67. The third-order valence-corrected chi connectivity index (χ3v) is 3.58. The SMILES string of the molecule is C=CC=C(Cl)[Se]CCCC. The van der Waals surface area contributed by atoms with Gasteiger partial charge in [-0.15, -0.1) is 0 Å². The van der Waals surface area contributed by atoms with Crippen molar-refractivity contribution in [2.75, 3.05) is 0 Å². The molecule has 0 saturated heterocycles. The van der Waals surface area contributed by atoms with Gasteiger partial charge in [0.15, 0.2) is 0 Å². The maximum absolute atomic E-state index is 5.83. The Morgan fingerprint density at radius 3 is 2.90 bits per heavy atom. The molecule has 0 rings (SSSR count). The van der Waals surface area contributed by atoms with E-state index in [1.807, 2.05) is 6.08 Å². The summed E-state index contributed by atoms with van der Waals surface area (Å²) in [4.78, 5) is 0. The normalized spacial score (nSPS) is 11.6. The Kier molecular flexibility index (Phi) is 7.61. The number of halogens is 1. The first-order valence-corrected chi connectivity index (χ1v) is 5.86. The zero-order valence-corrected chi connectivity index (χ0v) is 8.74. The number of hydrogen-bond acceptors (Lipinski definition) is 0. The zero-order valence-electron chi connectivity index (χ0n) is 6.27. The van der Waals surface area contributed by atoms with Gasteiger partial charge in [-0.2, -0.15) is 0 Å². The van der Waals surface area contributed by atoms with Gasteiger partial charge >= 0.3 is 74.3 Å². The molecule has 0 aliphatic heterocycles. The van der Waals surface area contributed by atoms with Gasteiger partial charge in [0.2, 0.25) is 0 Å². The van der Waals surface area contributed by atoms with E-state index >= 15 is 0 Å². The van der Waals surface area contributed by atoms with Crippen molar-refractivity contribution in [2.45, 2.75) is 25.1 Å². The molecule has 2 heteroatoms. The summed E-state index contributed by atoms with van der Waals surface area (Å²) in [7, 11) is 0. The first-order valence-electron chi connectivity index (χ1n) is 3.42. The summed E-state index contributed by atoms with van der Waals surface area (Å²) >= 11 is 6.33. The van der Waals surface area contributed by atoms with Gasteiger partial charge in [0, 0.05) is 0 Å². The molecular weight excluding hydrogens is 211 g/mol. The number of rotatable bonds is 5. The monoisotopic (exact) mass is 224 g/mol. The first-order chi connectivity index (χ1) is 4.81. The Hall–Kier alpha value is 0.289. The van der Waals surface area contributed by atoms with Crippen molar-refractivity contribution >= 4 is 26.6 Å². The third kappa shape index (κ3) is 6.41. The Morgan fingerprint density at radius 1 is 1.70 bits per heavy atom. The predicted molar refractivity (Wildman–Crippen MR) is 49.6 cm³/mol. The molecule has 0 aromatic carbocycles. The van der Waals surface area contributed by atoms with E-state index < -0.39 is 0 Å². The minimum absolute atomic E-state index is 0.492. The molecule has 58 valence electrons. The molecule has 0 aromatic heterocycles. The van der Waals surface area contributed by atoms with Gasteiger partial charge in [-0.05, 0) is 0 Å². The van der Waals surface area contributed by atoms with Crippen LogP contribution in [0.2, 0.25) is 5.32 Å². The van der Waals surface area contributed by atoms with E-state index in [2.05, 4.69) is 13.5 Å². The van der Waals surface area contributed by atoms with E-state index in [0.29, 0.717) is 15.0 Å². The van der Waals surface area contributed by atoms with Crippen LogP contribution in [0.15, 0.2) is 22.7 Å². The molecule has 0 aliphatic rings. The molecule has 0 aliphatic carbocycles. The molecule has 0 bridgehead atoms. The second-order valence-corrected chi connectivity index (χ2v) is 5.21. The Balaban J connectivity index is 3.29. The van der Waals surface area contributed by atoms with Gasteiger partial charge in [0.25, 0.3) is 0 Å². The molecule has 0 spiro atoms. The maximum atomic E-state index is 5.83. The molecule has 0 unspecified atom stereocenters. The molecule has 0 heterocycles. The summed E-state index contributed by atoms with van der Waals surface area (Å²) < 4.78 is 0.982. The van der Waals surface area contributed by atoms with Gasteiger partial charge in [0.1, 0.15) is 0 Å². The van der Waals surface area contributed by atoms with Crippen LogP contribution in [0.25, 0.3) is 0 Å². The van der Waals surface area contributed by atoms with Crippen LogP contribution in [0, 0.1) is 0 Å². The van der Waals surface area contributed by atoms with Crippen LogP contribution in [0.1, 0.15) is 19.8 Å². The zero-order chi connectivity index (χ0) is 7.82. The fraction of sp³-hybridized carbons (Fsp3) is 0.500. The van der Waals surface area contributed by atoms with E-state index in [9.17, 15) is 0 Å². The van der Waals surface area contributed by atoms with Gasteiger partial charge in [-0.3, -0.25) is 0 Å². The van der Waals surface area contributed by atoms with Crippen molar-refractivity contribution in [3.8, 4) is 0 Å². The summed E-state index contributed by atoms with van der Waals surface area (Å²) in [6, 6.07) is 0. The third-order valence-electron chi connectivity index (χ3n) is 0.987. The molecule has 10 heavy (non-hydrogen) atoms. The summed E-state index contributed by atoms with van der Waals surface area (Å²) in [6.07, 6.45) is 6.19. The van der Waals surface area contributed by atoms with Crippen molar-refractivity contribution in [3.63, 3.8) is 0 Å². The quantitative estimate of drug-likeness (QED) is 0.382. The van der Waals surface area contributed by atoms with Crippen molar-refractivity contribution < 1.29 is 0 Å². The van der Waals surface area contributed by atoms with Gasteiger partial charge in [0.05, 0.1) is 0 Å². The first kappa shape index (κ1) is 10.3.